The van der Waals surface area contributed by atoms with E-state index in [9.17, 15) is 8.78 Å². The summed E-state index contributed by atoms with van der Waals surface area (Å²) in [6.07, 6.45) is 8.21. The Labute approximate surface area is 69.7 Å². The van der Waals surface area contributed by atoms with Gasteiger partial charge >= 0.3 is 0 Å². The molecular weight excluding hydrogens is 162 g/mol. The Kier molecular flexibility index (Phi) is 2.61. The molecule has 0 aromatic heterocycles. The lowest BCUT2D eigenvalue weighted by molar-refractivity contribution is -0.0924. The second-order valence-corrected chi connectivity index (χ2v) is 2.41. The number of alkyl halides is 1. The molecule has 1 unspecified atom stereocenters. The number of hydrogen-bond acceptors (Lipinski definition) is 1. The largest absolute Gasteiger partial charge is 0.329 e. The quantitative estimate of drug-likeness (QED) is 0.577. The standard InChI is InChI=1S/C9H8F2O/c1-2-6-12-9(11)5-3-4-8(10)7-9/h1,3-4,7H,5-6H2. The highest BCUT2D eigenvalue weighted by Crippen LogP contribution is 2.27. The molecule has 1 rings (SSSR count). The molecule has 0 aliphatic heterocycles. The molecule has 1 aliphatic rings. The van der Waals surface area contributed by atoms with E-state index in [2.05, 4.69) is 10.7 Å². The molecule has 0 bridgehead atoms. The molecule has 0 aromatic carbocycles. The van der Waals surface area contributed by atoms with E-state index >= 15 is 0 Å². The number of allylic oxidation sites excluding steroid dienone is 2. The van der Waals surface area contributed by atoms with Gasteiger partial charge in [-0.1, -0.05) is 12.0 Å². The summed E-state index contributed by atoms with van der Waals surface area (Å²) < 4.78 is 30.5. The highest BCUT2D eigenvalue weighted by Gasteiger charge is 2.29. The lowest BCUT2D eigenvalue weighted by Crippen LogP contribution is -2.25. The summed E-state index contributed by atoms with van der Waals surface area (Å²) in [7, 11) is 0. The molecule has 3 heteroatoms. The van der Waals surface area contributed by atoms with Crippen molar-refractivity contribution < 1.29 is 13.5 Å². The molecule has 1 atom stereocenters. The Morgan fingerprint density at radius 1 is 1.75 bits per heavy atom. The first-order valence-corrected chi connectivity index (χ1v) is 3.47. The van der Waals surface area contributed by atoms with E-state index in [4.69, 9.17) is 6.42 Å². The van der Waals surface area contributed by atoms with Gasteiger partial charge in [0.15, 0.2) is 0 Å². The second kappa shape index (κ2) is 3.51. The topological polar surface area (TPSA) is 9.23 Å². The van der Waals surface area contributed by atoms with Gasteiger partial charge in [0.05, 0.1) is 0 Å². The zero-order chi connectivity index (χ0) is 9.03. The molecule has 0 amide bonds. The van der Waals surface area contributed by atoms with Crippen molar-refractivity contribution in [3.8, 4) is 12.3 Å². The van der Waals surface area contributed by atoms with E-state index in [0.29, 0.717) is 0 Å². The maximum absolute atomic E-state index is 13.3. The van der Waals surface area contributed by atoms with Crippen LogP contribution >= 0.6 is 0 Å². The van der Waals surface area contributed by atoms with Crippen molar-refractivity contribution in [1.29, 1.82) is 0 Å². The first-order chi connectivity index (χ1) is 5.66. The summed E-state index contributed by atoms with van der Waals surface area (Å²) in [6, 6.07) is 0. The van der Waals surface area contributed by atoms with Crippen LogP contribution in [0.4, 0.5) is 8.78 Å². The van der Waals surface area contributed by atoms with E-state index in [1.165, 1.54) is 12.2 Å². The van der Waals surface area contributed by atoms with Crippen LogP contribution in [0.5, 0.6) is 0 Å². The smallest absolute Gasteiger partial charge is 0.235 e. The van der Waals surface area contributed by atoms with Gasteiger partial charge in [0.2, 0.25) is 5.85 Å². The van der Waals surface area contributed by atoms with Crippen molar-refractivity contribution in [2.24, 2.45) is 0 Å². The fourth-order valence-corrected chi connectivity index (χ4v) is 0.907. The summed E-state index contributed by atoms with van der Waals surface area (Å²) in [4.78, 5) is 0. The minimum Gasteiger partial charge on any atom is -0.329 e. The lowest BCUT2D eigenvalue weighted by atomic mass is 10.1. The summed E-state index contributed by atoms with van der Waals surface area (Å²) >= 11 is 0. The molecule has 0 fully saturated rings. The third-order valence-corrected chi connectivity index (χ3v) is 1.42. The molecule has 0 radical (unpaired) electrons. The zero-order valence-electron chi connectivity index (χ0n) is 6.39. The molecule has 0 aromatic rings. The molecular formula is C9H8F2O. The van der Waals surface area contributed by atoms with Gasteiger partial charge in [-0.05, 0) is 6.08 Å². The molecule has 0 saturated heterocycles. The summed E-state index contributed by atoms with van der Waals surface area (Å²) in [6.45, 7) is -0.159. The van der Waals surface area contributed by atoms with Crippen LogP contribution in [0.1, 0.15) is 6.42 Å². The Bertz CT molecular complexity index is 262. The van der Waals surface area contributed by atoms with E-state index in [0.717, 1.165) is 6.08 Å². The van der Waals surface area contributed by atoms with Gasteiger partial charge in [0.25, 0.3) is 0 Å². The second-order valence-electron chi connectivity index (χ2n) is 2.41. The van der Waals surface area contributed by atoms with E-state index < -0.39 is 11.7 Å². The Morgan fingerprint density at radius 3 is 3.08 bits per heavy atom. The van der Waals surface area contributed by atoms with E-state index in [1.54, 1.807) is 0 Å². The molecule has 1 aliphatic carbocycles. The van der Waals surface area contributed by atoms with Crippen molar-refractivity contribution in [1.82, 2.24) is 0 Å². The van der Waals surface area contributed by atoms with Crippen molar-refractivity contribution in [3.63, 3.8) is 0 Å². The van der Waals surface area contributed by atoms with E-state index in [-0.39, 0.29) is 13.0 Å². The lowest BCUT2D eigenvalue weighted by Gasteiger charge is -2.21. The average molecular weight is 170 g/mol. The molecule has 0 heterocycles. The van der Waals surface area contributed by atoms with Crippen LogP contribution in [0.2, 0.25) is 0 Å². The average Bonchev–Trinajstić information content (AvgIpc) is 2.01. The fraction of sp³-hybridized carbons (Fsp3) is 0.333. The fourth-order valence-electron chi connectivity index (χ4n) is 0.907. The van der Waals surface area contributed by atoms with Gasteiger partial charge in [0.1, 0.15) is 12.4 Å². The zero-order valence-corrected chi connectivity index (χ0v) is 6.39. The van der Waals surface area contributed by atoms with Crippen LogP contribution in [0.25, 0.3) is 0 Å². The van der Waals surface area contributed by atoms with Crippen molar-refractivity contribution in [2.75, 3.05) is 6.61 Å². The van der Waals surface area contributed by atoms with Gasteiger partial charge < -0.3 is 4.74 Å². The normalized spacial score (nSPS) is 27.9. The third kappa shape index (κ3) is 2.18. The van der Waals surface area contributed by atoms with Crippen LogP contribution < -0.4 is 0 Å². The molecule has 0 saturated carbocycles. The van der Waals surface area contributed by atoms with Crippen LogP contribution in [0.15, 0.2) is 24.1 Å². The molecule has 0 N–H and O–H groups in total. The SMILES string of the molecule is C#CCOC1(F)C=C(F)C=CC1. The number of terminal acetylenes is 1. The summed E-state index contributed by atoms with van der Waals surface area (Å²) in [5, 5.41) is 0. The number of halogens is 2. The van der Waals surface area contributed by atoms with Gasteiger partial charge in [-0.2, -0.15) is 0 Å². The monoisotopic (exact) mass is 170 g/mol. The predicted octanol–water partition coefficient (Wildman–Crippen LogP) is 2.12. The maximum atomic E-state index is 13.3. The third-order valence-electron chi connectivity index (χ3n) is 1.42. The van der Waals surface area contributed by atoms with Crippen molar-refractivity contribution >= 4 is 0 Å². The van der Waals surface area contributed by atoms with Crippen molar-refractivity contribution in [3.05, 3.63) is 24.1 Å². The van der Waals surface area contributed by atoms with Gasteiger partial charge in [-0.25, -0.2) is 8.78 Å². The number of hydrogen-bond donors (Lipinski definition) is 0. The predicted molar refractivity (Wildman–Crippen MR) is 41.6 cm³/mol. The minimum absolute atomic E-state index is 0.00208. The molecule has 0 spiro atoms. The highest BCUT2D eigenvalue weighted by atomic mass is 19.2. The molecule has 1 nitrogen and oxygen atoms in total. The van der Waals surface area contributed by atoms with Gasteiger partial charge in [-0.3, -0.25) is 0 Å². The van der Waals surface area contributed by atoms with Crippen LogP contribution in [-0.2, 0) is 4.74 Å². The van der Waals surface area contributed by atoms with Crippen LogP contribution in [0, 0.1) is 12.3 Å². The van der Waals surface area contributed by atoms with Crippen LogP contribution in [0.3, 0.4) is 0 Å². The summed E-state index contributed by atoms with van der Waals surface area (Å²) in [5.74, 6) is -0.585. The van der Waals surface area contributed by atoms with Crippen molar-refractivity contribution in [2.45, 2.75) is 12.3 Å². The van der Waals surface area contributed by atoms with Gasteiger partial charge in [-0.15, -0.1) is 6.42 Å². The molecule has 12 heavy (non-hydrogen) atoms. The molecule has 64 valence electrons. The Hall–Kier alpha value is -1.14. The number of ether oxygens (including phenoxy) is 1. The minimum atomic E-state index is -2.06. The van der Waals surface area contributed by atoms with Crippen LogP contribution in [-0.4, -0.2) is 12.5 Å². The first kappa shape index (κ1) is 8.95. The number of rotatable bonds is 2. The van der Waals surface area contributed by atoms with E-state index in [1.807, 2.05) is 0 Å². The highest BCUT2D eigenvalue weighted by molar-refractivity contribution is 5.21. The maximum Gasteiger partial charge on any atom is 0.235 e. The Morgan fingerprint density at radius 2 is 2.50 bits per heavy atom. The summed E-state index contributed by atoms with van der Waals surface area (Å²) in [5.41, 5.74) is 0. The first-order valence-electron chi connectivity index (χ1n) is 3.47. The van der Waals surface area contributed by atoms with Gasteiger partial charge in [0, 0.05) is 12.5 Å². The Balaban J connectivity index is 2.62.